The summed E-state index contributed by atoms with van der Waals surface area (Å²) in [5, 5.41) is 1.56. The average molecular weight is 218 g/mol. The third-order valence-corrected chi connectivity index (χ3v) is 1.89. The van der Waals surface area contributed by atoms with E-state index in [0.717, 1.165) is 0 Å². The number of hydrogen-bond acceptors (Lipinski definition) is 3. The summed E-state index contributed by atoms with van der Waals surface area (Å²) in [6.07, 6.45) is 0. The Bertz CT molecular complexity index is 161. The fourth-order valence-electron chi connectivity index (χ4n) is 0.647. The normalized spacial score (nSPS) is 17.4. The molecule has 6 heteroatoms. The molecule has 11 heavy (non-hydrogen) atoms. The Morgan fingerprint density at radius 3 is 2.27 bits per heavy atom. The fourth-order valence-corrected chi connectivity index (χ4v) is 1.70. The lowest BCUT2D eigenvalue weighted by molar-refractivity contribution is -0.0763. The van der Waals surface area contributed by atoms with Crippen LogP contribution in [-0.2, 0) is 16.4 Å². The van der Waals surface area contributed by atoms with Gasteiger partial charge in [-0.1, -0.05) is 6.92 Å². The van der Waals surface area contributed by atoms with Crippen molar-refractivity contribution >= 4 is 28.9 Å². The van der Waals surface area contributed by atoms with Crippen LogP contribution in [0.15, 0.2) is 0 Å². The van der Waals surface area contributed by atoms with Crippen LogP contribution in [0, 0.1) is 0 Å². The summed E-state index contributed by atoms with van der Waals surface area (Å²) in [4.78, 5) is 9.00. The van der Waals surface area contributed by atoms with Crippen molar-refractivity contribution in [3.63, 3.8) is 0 Å². The van der Waals surface area contributed by atoms with Crippen LogP contribution in [0.2, 0.25) is 0 Å². The molecule has 3 nitrogen and oxygen atoms in total. The van der Waals surface area contributed by atoms with Crippen LogP contribution in [0.1, 0.15) is 20.8 Å². The lowest BCUT2D eigenvalue weighted by atomic mass is 10.4. The van der Waals surface area contributed by atoms with Gasteiger partial charge in [0.2, 0.25) is 0 Å². The molecule has 0 aliphatic heterocycles. The highest BCUT2D eigenvalue weighted by Crippen LogP contribution is 2.48. The molecule has 0 aromatic rings. The Balaban J connectivity index is 3.99. The molecule has 0 fully saturated rings. The smallest absolute Gasteiger partial charge is 0.296 e. The Labute approximate surface area is 77.2 Å². The first kappa shape index (κ1) is 11.8. The quantitative estimate of drug-likeness (QED) is 0.578. The van der Waals surface area contributed by atoms with Gasteiger partial charge in [0.1, 0.15) is 0 Å². The van der Waals surface area contributed by atoms with Gasteiger partial charge in [-0.2, -0.15) is 5.06 Å². The van der Waals surface area contributed by atoms with Crippen molar-refractivity contribution in [2.45, 2.75) is 26.8 Å². The molecule has 0 aromatic heterocycles. The summed E-state index contributed by atoms with van der Waals surface area (Å²) >= 11 is 9.88. The summed E-state index contributed by atoms with van der Waals surface area (Å²) < 4.78 is 4.93. The third kappa shape index (κ3) is 6.02. The van der Waals surface area contributed by atoms with Gasteiger partial charge in [-0.3, -0.25) is 0 Å². The van der Waals surface area contributed by atoms with Gasteiger partial charge in [0.05, 0.1) is 0 Å². The topological polar surface area (TPSA) is 32.7 Å². The molecule has 0 rings (SSSR count). The molecule has 0 spiro atoms. The van der Waals surface area contributed by atoms with E-state index < -0.39 is 5.84 Å². The Morgan fingerprint density at radius 2 is 2.18 bits per heavy atom. The van der Waals surface area contributed by atoms with Crippen LogP contribution in [0.5, 0.6) is 0 Å². The second-order valence-electron chi connectivity index (χ2n) is 2.36. The lowest BCUT2D eigenvalue weighted by Gasteiger charge is -2.24. The molecule has 1 unspecified atom stereocenters. The highest BCUT2D eigenvalue weighted by molar-refractivity contribution is 8.21. The number of halogens is 1. The Kier molecular flexibility index (Phi) is 5.10. The molecule has 68 valence electrons. The summed E-state index contributed by atoms with van der Waals surface area (Å²) in [6.45, 7) is 6.43. The molecule has 0 amide bonds. The molecule has 0 heterocycles. The highest BCUT2D eigenvalue weighted by atomic mass is 35.7. The third-order valence-electron chi connectivity index (χ3n) is 1.09. The summed E-state index contributed by atoms with van der Waals surface area (Å²) in [6, 6.07) is 0.174. The first-order chi connectivity index (χ1) is 4.87. The van der Waals surface area contributed by atoms with Crippen molar-refractivity contribution in [3.8, 4) is 0 Å². The van der Waals surface area contributed by atoms with Crippen molar-refractivity contribution in [1.29, 1.82) is 0 Å². The van der Waals surface area contributed by atoms with Crippen LogP contribution >= 0.6 is 17.1 Å². The minimum Gasteiger partial charge on any atom is -0.333 e. The zero-order valence-electron chi connectivity index (χ0n) is 6.82. The van der Waals surface area contributed by atoms with Crippen LogP contribution in [0.3, 0.4) is 0 Å². The molecular weight excluding hydrogens is 205 g/mol. The molecule has 0 saturated carbocycles. The SMILES string of the molecule is CCN(OP(O)(=S)Cl)C(C)C. The molecular formula is C5H13ClNO2PS. The molecule has 0 radical (unpaired) electrons. The van der Waals surface area contributed by atoms with E-state index in [9.17, 15) is 0 Å². The van der Waals surface area contributed by atoms with E-state index in [4.69, 9.17) is 20.8 Å². The maximum atomic E-state index is 9.00. The maximum absolute atomic E-state index is 9.00. The van der Waals surface area contributed by atoms with Crippen molar-refractivity contribution in [1.82, 2.24) is 5.06 Å². The predicted molar refractivity (Wildman–Crippen MR) is 51.0 cm³/mol. The van der Waals surface area contributed by atoms with Gasteiger partial charge in [0.15, 0.2) is 0 Å². The van der Waals surface area contributed by atoms with Crippen molar-refractivity contribution < 1.29 is 9.52 Å². The fraction of sp³-hybridized carbons (Fsp3) is 1.00. The van der Waals surface area contributed by atoms with Gasteiger partial charge in [-0.25, -0.2) is 4.62 Å². The van der Waals surface area contributed by atoms with Gasteiger partial charge in [-0.15, -0.1) is 0 Å². The van der Waals surface area contributed by atoms with Gasteiger partial charge in [-0.05, 0) is 36.9 Å². The van der Waals surface area contributed by atoms with E-state index in [1.807, 2.05) is 20.8 Å². The summed E-state index contributed by atoms with van der Waals surface area (Å²) in [7, 11) is 0. The highest BCUT2D eigenvalue weighted by Gasteiger charge is 2.16. The monoisotopic (exact) mass is 217 g/mol. The van der Waals surface area contributed by atoms with E-state index in [1.165, 1.54) is 0 Å². The summed E-state index contributed by atoms with van der Waals surface area (Å²) in [5.74, 6) is -3.06. The lowest BCUT2D eigenvalue weighted by Crippen LogP contribution is -2.29. The van der Waals surface area contributed by atoms with Crippen molar-refractivity contribution in [2.75, 3.05) is 6.54 Å². The first-order valence-corrected chi connectivity index (χ1v) is 6.93. The molecule has 0 bridgehead atoms. The molecule has 0 aliphatic carbocycles. The molecule has 0 aromatic carbocycles. The second-order valence-corrected chi connectivity index (χ2v) is 6.89. The van der Waals surface area contributed by atoms with Crippen molar-refractivity contribution in [3.05, 3.63) is 0 Å². The van der Waals surface area contributed by atoms with Gasteiger partial charge < -0.3 is 4.89 Å². The Hall–Kier alpha value is 0.820. The van der Waals surface area contributed by atoms with Crippen LogP contribution in [-0.4, -0.2) is 22.5 Å². The van der Waals surface area contributed by atoms with E-state index >= 15 is 0 Å². The predicted octanol–water partition coefficient (Wildman–Crippen LogP) is 2.10. The number of rotatable bonds is 4. The first-order valence-electron chi connectivity index (χ1n) is 3.35. The van der Waals surface area contributed by atoms with E-state index in [0.29, 0.717) is 6.54 Å². The maximum Gasteiger partial charge on any atom is 0.296 e. The minimum absolute atomic E-state index is 0.174. The largest absolute Gasteiger partial charge is 0.333 e. The minimum atomic E-state index is -3.06. The zero-order valence-corrected chi connectivity index (χ0v) is 9.29. The summed E-state index contributed by atoms with van der Waals surface area (Å²) in [5.41, 5.74) is 0. The number of hydroxylamine groups is 2. The molecule has 1 atom stereocenters. The van der Waals surface area contributed by atoms with Gasteiger partial charge in [0, 0.05) is 12.6 Å². The van der Waals surface area contributed by atoms with E-state index in [-0.39, 0.29) is 6.04 Å². The van der Waals surface area contributed by atoms with Crippen LogP contribution in [0.4, 0.5) is 0 Å². The standard InChI is InChI=1S/C5H13ClNO2PS/c1-4-7(5(2)3)9-10(6,8)11/h5H,4H2,1-3H3,(H,8,11). The van der Waals surface area contributed by atoms with E-state index in [2.05, 4.69) is 11.8 Å². The number of hydrogen-bond donors (Lipinski definition) is 1. The number of nitrogens with zero attached hydrogens (tertiary/aromatic N) is 1. The average Bonchev–Trinajstić information content (AvgIpc) is 1.80. The van der Waals surface area contributed by atoms with Crippen molar-refractivity contribution in [2.24, 2.45) is 0 Å². The van der Waals surface area contributed by atoms with Gasteiger partial charge in [0.25, 0.3) is 5.84 Å². The molecule has 0 aliphatic rings. The van der Waals surface area contributed by atoms with E-state index in [1.54, 1.807) is 5.06 Å². The molecule has 1 N–H and O–H groups in total. The zero-order chi connectivity index (χ0) is 9.07. The Morgan fingerprint density at radius 1 is 1.73 bits per heavy atom. The molecule has 0 saturated heterocycles. The van der Waals surface area contributed by atoms with Crippen LogP contribution in [0.25, 0.3) is 0 Å². The van der Waals surface area contributed by atoms with Crippen LogP contribution < -0.4 is 0 Å². The van der Waals surface area contributed by atoms with Gasteiger partial charge >= 0.3 is 0 Å². The second kappa shape index (κ2) is 4.75.